The first-order chi connectivity index (χ1) is 7.29. The van der Waals surface area contributed by atoms with Crippen LogP contribution in [-0.2, 0) is 9.53 Å². The highest BCUT2D eigenvalue weighted by atomic mass is 16.6. The van der Waals surface area contributed by atoms with Crippen molar-refractivity contribution in [2.24, 2.45) is 11.3 Å². The molecular formula is C14H24O2. The fraction of sp³-hybridized carbons (Fsp3) is 0.786. The summed E-state index contributed by atoms with van der Waals surface area (Å²) in [7, 11) is 0. The van der Waals surface area contributed by atoms with Gasteiger partial charge < -0.3 is 4.74 Å². The van der Waals surface area contributed by atoms with Crippen LogP contribution in [0.5, 0.6) is 0 Å². The van der Waals surface area contributed by atoms with E-state index in [9.17, 15) is 4.79 Å². The Kier molecular flexibility index (Phi) is 3.82. The lowest BCUT2D eigenvalue weighted by atomic mass is 9.64. The van der Waals surface area contributed by atoms with Gasteiger partial charge >= 0.3 is 5.97 Å². The number of carbonyl (C=O) groups is 1. The van der Waals surface area contributed by atoms with Crippen LogP contribution >= 0.6 is 0 Å². The molecule has 16 heavy (non-hydrogen) atoms. The second-order valence-corrected chi connectivity index (χ2v) is 6.10. The first-order valence-corrected chi connectivity index (χ1v) is 6.15. The Morgan fingerprint density at radius 1 is 1.44 bits per heavy atom. The summed E-state index contributed by atoms with van der Waals surface area (Å²) in [6.07, 6.45) is 5.76. The zero-order chi connectivity index (χ0) is 12.4. The maximum atomic E-state index is 11.4. The summed E-state index contributed by atoms with van der Waals surface area (Å²) in [5, 5.41) is 0. The van der Waals surface area contributed by atoms with E-state index in [1.54, 1.807) is 0 Å². The molecule has 2 nitrogen and oxygen atoms in total. The molecule has 0 saturated heterocycles. The second-order valence-electron chi connectivity index (χ2n) is 6.10. The van der Waals surface area contributed by atoms with E-state index in [-0.39, 0.29) is 17.0 Å². The third-order valence-electron chi connectivity index (χ3n) is 3.70. The molecule has 1 fully saturated rings. The Morgan fingerprint density at radius 2 is 2.06 bits per heavy atom. The van der Waals surface area contributed by atoms with Crippen molar-refractivity contribution in [2.75, 3.05) is 0 Å². The van der Waals surface area contributed by atoms with E-state index < -0.39 is 0 Å². The monoisotopic (exact) mass is 224 g/mol. The first-order valence-electron chi connectivity index (χ1n) is 6.15. The fourth-order valence-corrected chi connectivity index (χ4v) is 3.05. The first kappa shape index (κ1) is 13.3. The lowest BCUT2D eigenvalue weighted by Gasteiger charge is -2.47. The topological polar surface area (TPSA) is 26.3 Å². The molecule has 0 bridgehead atoms. The van der Waals surface area contributed by atoms with Gasteiger partial charge in [0.1, 0.15) is 5.60 Å². The summed E-state index contributed by atoms with van der Waals surface area (Å²) in [6.45, 7) is 12.2. The zero-order valence-electron chi connectivity index (χ0n) is 11.0. The molecule has 0 heterocycles. The largest absolute Gasteiger partial charge is 0.456 e. The molecule has 0 radical (unpaired) electrons. The Morgan fingerprint density at radius 3 is 2.56 bits per heavy atom. The van der Waals surface area contributed by atoms with Crippen molar-refractivity contribution in [1.82, 2.24) is 0 Å². The molecule has 0 aromatic rings. The average Bonchev–Trinajstić information content (AvgIpc) is 2.15. The minimum Gasteiger partial charge on any atom is -0.456 e. The number of hydrogen-bond acceptors (Lipinski definition) is 2. The van der Waals surface area contributed by atoms with Crippen LogP contribution in [0.2, 0.25) is 0 Å². The smallest absolute Gasteiger partial charge is 0.330 e. The van der Waals surface area contributed by atoms with E-state index in [1.165, 1.54) is 12.5 Å². The van der Waals surface area contributed by atoms with E-state index in [4.69, 9.17) is 4.74 Å². The van der Waals surface area contributed by atoms with Crippen LogP contribution in [0.15, 0.2) is 12.7 Å². The van der Waals surface area contributed by atoms with Crippen molar-refractivity contribution in [2.45, 2.75) is 59.0 Å². The van der Waals surface area contributed by atoms with Crippen molar-refractivity contribution >= 4 is 5.97 Å². The minimum atomic E-state index is -0.318. The van der Waals surface area contributed by atoms with Crippen molar-refractivity contribution in [3.63, 3.8) is 0 Å². The summed E-state index contributed by atoms with van der Waals surface area (Å²) in [5.41, 5.74) is -0.140. The van der Waals surface area contributed by atoms with Gasteiger partial charge in [0, 0.05) is 12.0 Å². The molecule has 1 saturated carbocycles. The third-order valence-corrected chi connectivity index (χ3v) is 3.70. The normalized spacial score (nSPS) is 30.9. The maximum Gasteiger partial charge on any atom is 0.330 e. The van der Waals surface area contributed by atoms with E-state index in [2.05, 4.69) is 34.3 Å². The number of esters is 1. The molecule has 2 heteroatoms. The highest BCUT2D eigenvalue weighted by Gasteiger charge is 2.45. The molecule has 1 rings (SSSR count). The molecule has 0 aliphatic heterocycles. The van der Waals surface area contributed by atoms with Crippen molar-refractivity contribution < 1.29 is 9.53 Å². The van der Waals surface area contributed by atoms with E-state index in [1.807, 2.05) is 0 Å². The van der Waals surface area contributed by atoms with Crippen LogP contribution in [0.25, 0.3) is 0 Å². The Balaban J connectivity index is 2.87. The van der Waals surface area contributed by atoms with Gasteiger partial charge in [-0.3, -0.25) is 0 Å². The predicted molar refractivity (Wildman–Crippen MR) is 66.1 cm³/mol. The maximum absolute atomic E-state index is 11.4. The molecule has 0 amide bonds. The van der Waals surface area contributed by atoms with Gasteiger partial charge in [0.15, 0.2) is 0 Å². The SMILES string of the molecule is C=CC(=O)OC1(C)CCCCC1C(C)(C)C. The van der Waals surface area contributed by atoms with Gasteiger partial charge in [-0.2, -0.15) is 0 Å². The summed E-state index contributed by atoms with van der Waals surface area (Å²) in [4.78, 5) is 11.4. The van der Waals surface area contributed by atoms with Gasteiger partial charge in [0.2, 0.25) is 0 Å². The highest BCUT2D eigenvalue weighted by Crippen LogP contribution is 2.46. The van der Waals surface area contributed by atoms with Gasteiger partial charge in [-0.05, 0) is 31.6 Å². The van der Waals surface area contributed by atoms with Gasteiger partial charge in [0.25, 0.3) is 0 Å². The molecular weight excluding hydrogens is 200 g/mol. The zero-order valence-corrected chi connectivity index (χ0v) is 11.0. The van der Waals surface area contributed by atoms with Crippen LogP contribution < -0.4 is 0 Å². The van der Waals surface area contributed by atoms with Gasteiger partial charge in [-0.25, -0.2) is 4.79 Å². The highest BCUT2D eigenvalue weighted by molar-refractivity contribution is 5.81. The summed E-state index contributed by atoms with van der Waals surface area (Å²) in [6, 6.07) is 0. The second kappa shape index (κ2) is 4.60. The number of carbonyl (C=O) groups excluding carboxylic acids is 1. The predicted octanol–water partition coefficient (Wildman–Crippen LogP) is 3.71. The van der Waals surface area contributed by atoms with E-state index in [0.29, 0.717) is 5.92 Å². The Labute approximate surface area is 99.1 Å². The van der Waals surface area contributed by atoms with Gasteiger partial charge in [0.05, 0.1) is 0 Å². The molecule has 0 N–H and O–H groups in total. The molecule has 1 aliphatic rings. The summed E-state index contributed by atoms with van der Waals surface area (Å²) >= 11 is 0. The molecule has 2 atom stereocenters. The summed E-state index contributed by atoms with van der Waals surface area (Å²) < 4.78 is 5.61. The van der Waals surface area contributed by atoms with Crippen molar-refractivity contribution in [3.05, 3.63) is 12.7 Å². The Bertz CT molecular complexity index is 275. The third kappa shape index (κ3) is 2.87. The van der Waals surface area contributed by atoms with Crippen LogP contribution in [0.3, 0.4) is 0 Å². The average molecular weight is 224 g/mol. The molecule has 0 aromatic heterocycles. The Hall–Kier alpha value is -0.790. The van der Waals surface area contributed by atoms with Gasteiger partial charge in [-0.1, -0.05) is 33.8 Å². The van der Waals surface area contributed by atoms with Crippen LogP contribution in [0.1, 0.15) is 53.4 Å². The van der Waals surface area contributed by atoms with E-state index in [0.717, 1.165) is 19.3 Å². The number of hydrogen-bond donors (Lipinski definition) is 0. The molecule has 0 spiro atoms. The van der Waals surface area contributed by atoms with Crippen LogP contribution in [0.4, 0.5) is 0 Å². The minimum absolute atomic E-state index is 0.177. The number of rotatable bonds is 2. The van der Waals surface area contributed by atoms with Gasteiger partial charge in [-0.15, -0.1) is 0 Å². The molecule has 0 aromatic carbocycles. The lowest BCUT2D eigenvalue weighted by Crippen LogP contribution is -2.47. The van der Waals surface area contributed by atoms with E-state index >= 15 is 0 Å². The standard InChI is InChI=1S/C14H24O2/c1-6-12(15)16-14(5)10-8-7-9-11(14)13(2,3)4/h6,11H,1,7-10H2,2-5H3. The lowest BCUT2D eigenvalue weighted by molar-refractivity contribution is -0.168. The number of ether oxygens (including phenoxy) is 1. The van der Waals surface area contributed by atoms with Crippen molar-refractivity contribution in [3.8, 4) is 0 Å². The van der Waals surface area contributed by atoms with Crippen LogP contribution in [-0.4, -0.2) is 11.6 Å². The quantitative estimate of drug-likeness (QED) is 0.528. The molecule has 1 aliphatic carbocycles. The fourth-order valence-electron chi connectivity index (χ4n) is 3.05. The molecule has 92 valence electrons. The summed E-state index contributed by atoms with van der Waals surface area (Å²) in [5.74, 6) is 0.135. The van der Waals surface area contributed by atoms with Crippen molar-refractivity contribution in [1.29, 1.82) is 0 Å². The van der Waals surface area contributed by atoms with Crippen LogP contribution in [0, 0.1) is 11.3 Å². The molecule has 2 unspecified atom stereocenters.